The Labute approximate surface area is 215 Å². The van der Waals surface area contributed by atoms with Crippen LogP contribution >= 0.6 is 23.7 Å². The number of carbonyl (C=O) groups excluding carboxylic acids is 2. The fraction of sp³-hybridized carbons (Fsp3) is 0.375. The minimum atomic E-state index is -0.790. The highest BCUT2D eigenvalue weighted by molar-refractivity contribution is 7.22. The van der Waals surface area contributed by atoms with Gasteiger partial charge in [0.05, 0.1) is 23.8 Å². The van der Waals surface area contributed by atoms with E-state index in [0.717, 1.165) is 30.5 Å². The molecular formula is C24H24ClF3N4O3S. The number of benzene rings is 2. The molecule has 2 aromatic carbocycles. The van der Waals surface area contributed by atoms with Gasteiger partial charge in [0.2, 0.25) is 11.8 Å². The van der Waals surface area contributed by atoms with Crippen LogP contribution in [0.1, 0.15) is 6.42 Å². The van der Waals surface area contributed by atoms with Gasteiger partial charge in [0.1, 0.15) is 17.2 Å². The molecule has 1 atom stereocenters. The van der Waals surface area contributed by atoms with Gasteiger partial charge in [-0.25, -0.2) is 18.2 Å². The fourth-order valence-electron chi connectivity index (χ4n) is 4.39. The average molecular weight is 541 g/mol. The smallest absolute Gasteiger partial charge is 0.234 e. The number of anilines is 2. The number of halogens is 4. The Hall–Kier alpha value is -2.73. The molecule has 2 saturated heterocycles. The first-order chi connectivity index (χ1) is 16.9. The van der Waals surface area contributed by atoms with Gasteiger partial charge in [-0.15, -0.1) is 12.4 Å². The van der Waals surface area contributed by atoms with E-state index in [2.05, 4.69) is 9.88 Å². The molecule has 1 aromatic heterocycles. The van der Waals surface area contributed by atoms with E-state index in [0.29, 0.717) is 30.1 Å². The molecule has 0 bridgehead atoms. The summed E-state index contributed by atoms with van der Waals surface area (Å²) < 4.78 is 47.1. The molecule has 0 radical (unpaired) electrons. The Kier molecular flexibility index (Phi) is 8.13. The number of amides is 2. The lowest BCUT2D eigenvalue weighted by atomic mass is 10.1. The minimum Gasteiger partial charge on any atom is -0.379 e. The number of rotatable bonds is 6. The van der Waals surface area contributed by atoms with E-state index in [4.69, 9.17) is 4.74 Å². The Morgan fingerprint density at radius 1 is 1.11 bits per heavy atom. The molecule has 7 nitrogen and oxygen atoms in total. The van der Waals surface area contributed by atoms with Crippen LogP contribution in [0.5, 0.6) is 0 Å². The van der Waals surface area contributed by atoms with Crippen molar-refractivity contribution in [2.24, 2.45) is 5.92 Å². The van der Waals surface area contributed by atoms with Crippen molar-refractivity contribution >= 4 is 56.6 Å². The molecule has 0 spiro atoms. The highest BCUT2D eigenvalue weighted by Crippen LogP contribution is 2.34. The Balaban J connectivity index is 0.00000304. The lowest BCUT2D eigenvalue weighted by molar-refractivity contribution is -0.124. The molecule has 1 unspecified atom stereocenters. The van der Waals surface area contributed by atoms with E-state index in [-0.39, 0.29) is 54.4 Å². The van der Waals surface area contributed by atoms with E-state index >= 15 is 0 Å². The fourth-order valence-corrected chi connectivity index (χ4v) is 5.43. The molecular weight excluding hydrogens is 517 g/mol. The molecule has 192 valence electrons. The van der Waals surface area contributed by atoms with E-state index in [1.54, 1.807) is 0 Å². The second-order valence-corrected chi connectivity index (χ2v) is 9.57. The first-order valence-corrected chi connectivity index (χ1v) is 12.1. The van der Waals surface area contributed by atoms with Crippen molar-refractivity contribution in [3.63, 3.8) is 0 Å². The maximum atomic E-state index is 14.3. The lowest BCUT2D eigenvalue weighted by Gasteiger charge is -2.30. The molecule has 0 saturated carbocycles. The summed E-state index contributed by atoms with van der Waals surface area (Å²) in [4.78, 5) is 35.8. The van der Waals surface area contributed by atoms with Crippen molar-refractivity contribution in [1.82, 2.24) is 9.88 Å². The maximum absolute atomic E-state index is 14.3. The van der Waals surface area contributed by atoms with Crippen molar-refractivity contribution < 1.29 is 27.5 Å². The average Bonchev–Trinajstić information content (AvgIpc) is 3.44. The van der Waals surface area contributed by atoms with E-state index < -0.39 is 23.4 Å². The van der Waals surface area contributed by atoms with Crippen LogP contribution in [-0.2, 0) is 14.3 Å². The largest absolute Gasteiger partial charge is 0.379 e. The molecule has 2 fully saturated rings. The van der Waals surface area contributed by atoms with Gasteiger partial charge in [0.15, 0.2) is 10.9 Å². The SMILES string of the molecule is Cl.O=C1CC(C(=O)N(CCN2CCOCC2)c2nc3c(F)cc(F)cc3s2)CN1c1ccc(F)cc1. The number of nitrogens with zero attached hydrogens (tertiary/aromatic N) is 4. The summed E-state index contributed by atoms with van der Waals surface area (Å²) in [5.74, 6) is -3.11. The molecule has 3 aromatic rings. The Bertz CT molecular complexity index is 1250. The summed E-state index contributed by atoms with van der Waals surface area (Å²) in [6.45, 7) is 3.62. The monoisotopic (exact) mass is 540 g/mol. The molecule has 0 N–H and O–H groups in total. The minimum absolute atomic E-state index is 0. The van der Waals surface area contributed by atoms with Gasteiger partial charge >= 0.3 is 0 Å². The predicted molar refractivity (Wildman–Crippen MR) is 133 cm³/mol. The highest BCUT2D eigenvalue weighted by Gasteiger charge is 2.38. The summed E-state index contributed by atoms with van der Waals surface area (Å²) in [5.41, 5.74) is 0.523. The summed E-state index contributed by atoms with van der Waals surface area (Å²) in [7, 11) is 0. The second kappa shape index (κ2) is 11.1. The van der Waals surface area contributed by atoms with Gasteiger partial charge in [-0.05, 0) is 30.3 Å². The number of morpholine rings is 1. The number of hydrogen-bond acceptors (Lipinski definition) is 6. The van der Waals surface area contributed by atoms with Crippen molar-refractivity contribution in [1.29, 1.82) is 0 Å². The summed E-state index contributed by atoms with van der Waals surface area (Å²) in [6, 6.07) is 7.49. The number of fused-ring (bicyclic) bond motifs is 1. The number of thiazole rings is 1. The first kappa shape index (κ1) is 26.3. The first-order valence-electron chi connectivity index (χ1n) is 11.3. The van der Waals surface area contributed by atoms with E-state index in [1.165, 1.54) is 40.1 Å². The van der Waals surface area contributed by atoms with Gasteiger partial charge in [-0.1, -0.05) is 11.3 Å². The third-order valence-corrected chi connectivity index (χ3v) is 7.28. The van der Waals surface area contributed by atoms with Crippen LogP contribution in [0.15, 0.2) is 36.4 Å². The number of aromatic nitrogens is 1. The number of ether oxygens (including phenoxy) is 1. The standard InChI is InChI=1S/C24H23F3N4O3S.ClH/c25-16-1-3-18(4-2-16)31-14-15(11-21(31)32)23(33)30(6-5-29-7-9-34-10-8-29)24-28-22-19(27)12-17(26)13-20(22)35-24;/h1-4,12-13,15H,5-11,14H2;1H. The van der Waals surface area contributed by atoms with E-state index in [1.807, 2.05) is 0 Å². The van der Waals surface area contributed by atoms with Gasteiger partial charge in [0.25, 0.3) is 0 Å². The zero-order valence-corrected chi connectivity index (χ0v) is 20.8. The van der Waals surface area contributed by atoms with Crippen LogP contribution in [-0.4, -0.2) is 67.6 Å². The normalized spacial score (nSPS) is 18.5. The third-order valence-electron chi connectivity index (χ3n) is 6.25. The molecule has 36 heavy (non-hydrogen) atoms. The van der Waals surface area contributed by atoms with Crippen molar-refractivity contribution in [2.45, 2.75) is 6.42 Å². The Morgan fingerprint density at radius 2 is 1.83 bits per heavy atom. The van der Waals surface area contributed by atoms with Crippen molar-refractivity contribution in [2.75, 3.05) is 55.7 Å². The highest BCUT2D eigenvalue weighted by atomic mass is 35.5. The van der Waals surface area contributed by atoms with Gasteiger partial charge in [-0.2, -0.15) is 0 Å². The lowest BCUT2D eigenvalue weighted by Crippen LogP contribution is -2.45. The van der Waals surface area contributed by atoms with Crippen LogP contribution in [0.2, 0.25) is 0 Å². The van der Waals surface area contributed by atoms with E-state index in [9.17, 15) is 22.8 Å². The molecule has 2 aliphatic rings. The molecule has 12 heteroatoms. The van der Waals surface area contributed by atoms with Crippen molar-refractivity contribution in [3.05, 3.63) is 53.8 Å². The molecule has 0 aliphatic carbocycles. The zero-order valence-electron chi connectivity index (χ0n) is 19.2. The molecule has 3 heterocycles. The van der Waals surface area contributed by atoms with Crippen LogP contribution in [0.25, 0.3) is 10.2 Å². The Morgan fingerprint density at radius 3 is 2.56 bits per heavy atom. The summed E-state index contributed by atoms with van der Waals surface area (Å²) >= 11 is 1.04. The van der Waals surface area contributed by atoms with Crippen LogP contribution in [0.4, 0.5) is 24.0 Å². The van der Waals surface area contributed by atoms with Crippen LogP contribution in [0, 0.1) is 23.4 Å². The van der Waals surface area contributed by atoms with Gasteiger partial charge in [0, 0.05) is 50.9 Å². The van der Waals surface area contributed by atoms with Gasteiger partial charge in [-0.3, -0.25) is 19.4 Å². The maximum Gasteiger partial charge on any atom is 0.234 e. The quantitative estimate of drug-likeness (QED) is 0.475. The molecule has 2 aliphatic heterocycles. The number of carbonyl (C=O) groups is 2. The topological polar surface area (TPSA) is 66.0 Å². The summed E-state index contributed by atoms with van der Waals surface area (Å²) in [6.07, 6.45) is -0.00184. The summed E-state index contributed by atoms with van der Waals surface area (Å²) in [5, 5.41) is 0.260. The second-order valence-electron chi connectivity index (χ2n) is 8.56. The predicted octanol–water partition coefficient (Wildman–Crippen LogP) is 3.85. The molecule has 2 amide bonds. The van der Waals surface area contributed by atoms with Gasteiger partial charge < -0.3 is 9.64 Å². The van der Waals surface area contributed by atoms with Crippen molar-refractivity contribution in [3.8, 4) is 0 Å². The zero-order chi connectivity index (χ0) is 24.5. The third kappa shape index (κ3) is 5.49. The van der Waals surface area contributed by atoms with Crippen LogP contribution in [0.3, 0.4) is 0 Å². The van der Waals surface area contributed by atoms with Crippen LogP contribution < -0.4 is 9.80 Å². The molecule has 5 rings (SSSR count). The number of hydrogen-bond donors (Lipinski definition) is 0.